The van der Waals surface area contributed by atoms with Gasteiger partial charge in [-0.1, -0.05) is 25.7 Å². The number of carbonyl (C=O) groups is 2. The highest BCUT2D eigenvalue weighted by Gasteiger charge is 2.38. The van der Waals surface area contributed by atoms with Crippen LogP contribution in [0.4, 0.5) is 4.79 Å². The second-order valence-corrected chi connectivity index (χ2v) is 6.21. The molecule has 6 nitrogen and oxygen atoms in total. The van der Waals surface area contributed by atoms with Crippen LogP contribution in [0.3, 0.4) is 0 Å². The van der Waals surface area contributed by atoms with Gasteiger partial charge in [-0.3, -0.25) is 4.79 Å². The minimum atomic E-state index is -0.860. The van der Waals surface area contributed by atoms with Crippen molar-refractivity contribution in [3.8, 4) is 0 Å². The molecule has 0 aliphatic heterocycles. The van der Waals surface area contributed by atoms with Crippen LogP contribution in [0.2, 0.25) is 0 Å². The fourth-order valence-corrected chi connectivity index (χ4v) is 3.47. The number of carboxylic acid groups (broad SMARTS) is 1. The first kappa shape index (κ1) is 15.1. The molecule has 2 aliphatic carbocycles. The number of nitrogens with two attached hydrogens (primary N) is 1. The summed E-state index contributed by atoms with van der Waals surface area (Å²) in [6.07, 6.45) is 7.45. The van der Waals surface area contributed by atoms with E-state index in [0.717, 1.165) is 51.4 Å². The maximum Gasteiger partial charge on any atom is 0.315 e. The van der Waals surface area contributed by atoms with Crippen LogP contribution >= 0.6 is 0 Å². The van der Waals surface area contributed by atoms with Gasteiger partial charge in [0.1, 0.15) is 0 Å². The summed E-state index contributed by atoms with van der Waals surface area (Å²) in [7, 11) is 0. The number of urea groups is 1. The molecule has 0 heterocycles. The number of amides is 2. The molecule has 0 aromatic carbocycles. The normalized spacial score (nSPS) is 28.9. The lowest BCUT2D eigenvalue weighted by Crippen LogP contribution is -2.57. The third-order valence-corrected chi connectivity index (χ3v) is 4.56. The molecule has 2 fully saturated rings. The molecule has 6 heteroatoms. The van der Waals surface area contributed by atoms with E-state index in [-0.39, 0.29) is 24.5 Å². The lowest BCUT2D eigenvalue weighted by molar-refractivity contribution is -0.138. The summed E-state index contributed by atoms with van der Waals surface area (Å²) in [6, 6.07) is -0.254. The van der Waals surface area contributed by atoms with Crippen molar-refractivity contribution < 1.29 is 14.7 Å². The van der Waals surface area contributed by atoms with Crippen LogP contribution in [0.5, 0.6) is 0 Å². The molecule has 2 amide bonds. The van der Waals surface area contributed by atoms with E-state index in [0.29, 0.717) is 0 Å². The van der Waals surface area contributed by atoms with Crippen molar-refractivity contribution in [1.82, 2.24) is 10.6 Å². The Morgan fingerprint density at radius 2 is 1.80 bits per heavy atom. The molecule has 2 atom stereocenters. The SMILES string of the molecule is NC1CCCCC1NC(=O)NC1(CC(=O)O)CCCC1. The molecular formula is C14H25N3O3. The molecule has 0 aromatic rings. The van der Waals surface area contributed by atoms with Crippen LogP contribution in [0, 0.1) is 0 Å². The Bertz CT molecular complexity index is 367. The number of hydrogen-bond acceptors (Lipinski definition) is 3. The van der Waals surface area contributed by atoms with Crippen molar-refractivity contribution >= 4 is 12.0 Å². The van der Waals surface area contributed by atoms with Crippen molar-refractivity contribution in [3.05, 3.63) is 0 Å². The van der Waals surface area contributed by atoms with E-state index in [9.17, 15) is 9.59 Å². The number of carbonyl (C=O) groups excluding carboxylic acids is 1. The highest BCUT2D eigenvalue weighted by Crippen LogP contribution is 2.32. The van der Waals surface area contributed by atoms with Crippen LogP contribution in [0.25, 0.3) is 0 Å². The van der Waals surface area contributed by atoms with E-state index in [1.165, 1.54) is 0 Å². The van der Waals surface area contributed by atoms with Gasteiger partial charge in [-0.2, -0.15) is 0 Å². The molecule has 0 saturated heterocycles. The maximum atomic E-state index is 12.1. The molecule has 20 heavy (non-hydrogen) atoms. The van der Waals surface area contributed by atoms with E-state index in [4.69, 9.17) is 10.8 Å². The summed E-state index contributed by atoms with van der Waals surface area (Å²) in [6.45, 7) is 0. The molecule has 0 spiro atoms. The summed E-state index contributed by atoms with van der Waals surface area (Å²) < 4.78 is 0. The van der Waals surface area contributed by atoms with Crippen LogP contribution in [-0.2, 0) is 4.79 Å². The Labute approximate surface area is 119 Å². The zero-order chi connectivity index (χ0) is 14.6. The first-order valence-electron chi connectivity index (χ1n) is 7.57. The molecule has 2 aliphatic rings. The van der Waals surface area contributed by atoms with Crippen molar-refractivity contribution in [3.63, 3.8) is 0 Å². The van der Waals surface area contributed by atoms with Gasteiger partial charge in [0.2, 0.25) is 0 Å². The number of carboxylic acids is 1. The van der Waals surface area contributed by atoms with E-state index < -0.39 is 11.5 Å². The summed E-state index contributed by atoms with van der Waals surface area (Å²) >= 11 is 0. The Balaban J connectivity index is 1.89. The van der Waals surface area contributed by atoms with Crippen LogP contribution in [0.15, 0.2) is 0 Å². The molecular weight excluding hydrogens is 258 g/mol. The molecule has 2 unspecified atom stereocenters. The summed E-state index contributed by atoms with van der Waals surface area (Å²) in [5, 5.41) is 14.9. The van der Waals surface area contributed by atoms with Gasteiger partial charge in [0.15, 0.2) is 0 Å². The molecule has 0 aromatic heterocycles. The second-order valence-electron chi connectivity index (χ2n) is 6.21. The zero-order valence-corrected chi connectivity index (χ0v) is 11.9. The highest BCUT2D eigenvalue weighted by atomic mass is 16.4. The van der Waals surface area contributed by atoms with Gasteiger partial charge in [0.05, 0.1) is 12.0 Å². The van der Waals surface area contributed by atoms with Crippen LogP contribution in [0.1, 0.15) is 57.8 Å². The topological polar surface area (TPSA) is 104 Å². The standard InChI is InChI=1S/C14H25N3O3/c15-10-5-1-2-6-11(10)16-13(20)17-14(9-12(18)19)7-3-4-8-14/h10-11H,1-9,15H2,(H,18,19)(H2,16,17,20). The van der Waals surface area contributed by atoms with E-state index in [1.807, 2.05) is 0 Å². The van der Waals surface area contributed by atoms with E-state index in [2.05, 4.69) is 10.6 Å². The highest BCUT2D eigenvalue weighted by molar-refractivity contribution is 5.77. The van der Waals surface area contributed by atoms with Gasteiger partial charge in [0, 0.05) is 12.1 Å². The van der Waals surface area contributed by atoms with Crippen molar-refractivity contribution in [1.29, 1.82) is 0 Å². The smallest absolute Gasteiger partial charge is 0.315 e. The van der Waals surface area contributed by atoms with E-state index >= 15 is 0 Å². The van der Waals surface area contributed by atoms with Crippen molar-refractivity contribution in [2.24, 2.45) is 5.73 Å². The maximum absolute atomic E-state index is 12.1. The first-order chi connectivity index (χ1) is 9.51. The fraction of sp³-hybridized carbons (Fsp3) is 0.857. The average Bonchev–Trinajstić information content (AvgIpc) is 2.79. The summed E-state index contributed by atoms with van der Waals surface area (Å²) in [5.41, 5.74) is 5.44. The third-order valence-electron chi connectivity index (χ3n) is 4.56. The number of nitrogens with one attached hydrogen (secondary N) is 2. The zero-order valence-electron chi connectivity index (χ0n) is 11.9. The molecule has 0 radical (unpaired) electrons. The monoisotopic (exact) mass is 283 g/mol. The molecule has 114 valence electrons. The predicted octanol–water partition coefficient (Wildman–Crippen LogP) is 1.34. The van der Waals surface area contributed by atoms with Crippen LogP contribution < -0.4 is 16.4 Å². The molecule has 5 N–H and O–H groups in total. The number of rotatable bonds is 4. The van der Waals surface area contributed by atoms with Gasteiger partial charge in [0.25, 0.3) is 0 Å². The second kappa shape index (κ2) is 6.43. The first-order valence-corrected chi connectivity index (χ1v) is 7.57. The Morgan fingerprint density at radius 1 is 1.15 bits per heavy atom. The summed E-state index contributed by atoms with van der Waals surface area (Å²) in [5.74, 6) is -0.860. The van der Waals surface area contributed by atoms with Gasteiger partial charge < -0.3 is 21.5 Å². The largest absolute Gasteiger partial charge is 0.481 e. The number of aliphatic carboxylic acids is 1. The molecule has 0 bridgehead atoms. The van der Waals surface area contributed by atoms with Crippen molar-refractivity contribution in [2.45, 2.75) is 75.4 Å². The Kier molecular flexibility index (Phi) is 4.86. The quantitative estimate of drug-likeness (QED) is 0.625. The minimum Gasteiger partial charge on any atom is -0.481 e. The van der Waals surface area contributed by atoms with Gasteiger partial charge in [-0.15, -0.1) is 0 Å². The van der Waals surface area contributed by atoms with Gasteiger partial charge in [-0.05, 0) is 25.7 Å². The van der Waals surface area contributed by atoms with Gasteiger partial charge in [-0.25, -0.2) is 4.79 Å². The van der Waals surface area contributed by atoms with Crippen LogP contribution in [-0.4, -0.2) is 34.7 Å². The fourth-order valence-electron chi connectivity index (χ4n) is 3.47. The number of hydrogen-bond donors (Lipinski definition) is 4. The third kappa shape index (κ3) is 3.85. The molecule has 2 rings (SSSR count). The Hall–Kier alpha value is -1.30. The average molecular weight is 283 g/mol. The van der Waals surface area contributed by atoms with Gasteiger partial charge >= 0.3 is 12.0 Å². The lowest BCUT2D eigenvalue weighted by Gasteiger charge is -2.33. The van der Waals surface area contributed by atoms with E-state index in [1.54, 1.807) is 0 Å². The lowest BCUT2D eigenvalue weighted by atomic mass is 9.91. The molecule has 2 saturated carbocycles. The van der Waals surface area contributed by atoms with Crippen molar-refractivity contribution in [2.75, 3.05) is 0 Å². The predicted molar refractivity (Wildman–Crippen MR) is 75.4 cm³/mol. The summed E-state index contributed by atoms with van der Waals surface area (Å²) in [4.78, 5) is 23.1. The minimum absolute atomic E-state index is 0.00284. The Morgan fingerprint density at radius 3 is 2.40 bits per heavy atom.